The fourth-order valence-corrected chi connectivity index (χ4v) is 2.33. The summed E-state index contributed by atoms with van der Waals surface area (Å²) in [5.41, 5.74) is 1.47. The van der Waals surface area contributed by atoms with Crippen LogP contribution in [0.2, 0.25) is 0 Å². The summed E-state index contributed by atoms with van der Waals surface area (Å²) in [4.78, 5) is 36.0. The molecule has 3 aromatic rings. The monoisotopic (exact) mass is 363 g/mol. The summed E-state index contributed by atoms with van der Waals surface area (Å²) in [5.74, 6) is -0.911. The maximum Gasteiger partial charge on any atom is 0.291 e. The smallest absolute Gasteiger partial charge is 0.291 e. The number of benzene rings is 2. The highest BCUT2D eigenvalue weighted by atomic mass is 16.3. The van der Waals surface area contributed by atoms with E-state index >= 15 is 0 Å². The highest BCUT2D eigenvalue weighted by molar-refractivity contribution is 6.03. The van der Waals surface area contributed by atoms with Crippen molar-refractivity contribution in [3.63, 3.8) is 0 Å². The van der Waals surface area contributed by atoms with Crippen LogP contribution in [-0.2, 0) is 4.79 Å². The van der Waals surface area contributed by atoms with Gasteiger partial charge in [0.25, 0.3) is 11.8 Å². The predicted octanol–water partition coefficient (Wildman–Crippen LogP) is 2.90. The van der Waals surface area contributed by atoms with Gasteiger partial charge in [0.15, 0.2) is 5.76 Å². The summed E-state index contributed by atoms with van der Waals surface area (Å²) >= 11 is 0. The molecule has 0 atom stereocenters. The van der Waals surface area contributed by atoms with Gasteiger partial charge in [0.1, 0.15) is 0 Å². The molecule has 0 radical (unpaired) electrons. The number of rotatable bonds is 6. The molecule has 3 rings (SSSR count). The number of anilines is 2. The Morgan fingerprint density at radius 3 is 2.22 bits per heavy atom. The van der Waals surface area contributed by atoms with E-state index in [1.165, 1.54) is 6.26 Å². The van der Waals surface area contributed by atoms with Gasteiger partial charge in [-0.3, -0.25) is 14.4 Å². The molecule has 136 valence electrons. The van der Waals surface area contributed by atoms with Crippen LogP contribution in [0, 0.1) is 0 Å². The van der Waals surface area contributed by atoms with Gasteiger partial charge in [-0.2, -0.15) is 0 Å². The summed E-state index contributed by atoms with van der Waals surface area (Å²) in [6.45, 7) is -0.170. The lowest BCUT2D eigenvalue weighted by molar-refractivity contribution is -0.115. The molecular formula is C20H17N3O4. The summed E-state index contributed by atoms with van der Waals surface area (Å²) in [5, 5.41) is 7.90. The molecule has 0 saturated heterocycles. The number of amides is 3. The van der Waals surface area contributed by atoms with Crippen LogP contribution in [0.3, 0.4) is 0 Å². The fraction of sp³-hybridized carbons (Fsp3) is 0.0500. The maximum absolute atomic E-state index is 12.0. The van der Waals surface area contributed by atoms with Crippen LogP contribution in [-0.4, -0.2) is 24.3 Å². The summed E-state index contributed by atoms with van der Waals surface area (Å²) < 4.78 is 5.03. The molecule has 1 aromatic heterocycles. The maximum atomic E-state index is 12.0. The highest BCUT2D eigenvalue weighted by Crippen LogP contribution is 2.16. The van der Waals surface area contributed by atoms with Crippen molar-refractivity contribution >= 4 is 29.1 Å². The molecule has 3 N–H and O–H groups in total. The Morgan fingerprint density at radius 2 is 1.52 bits per heavy atom. The third-order valence-corrected chi connectivity index (χ3v) is 3.59. The fourth-order valence-electron chi connectivity index (χ4n) is 2.33. The Kier molecular flexibility index (Phi) is 5.64. The second kappa shape index (κ2) is 8.48. The normalized spacial score (nSPS) is 10.1. The van der Waals surface area contributed by atoms with Crippen LogP contribution in [0.15, 0.2) is 77.4 Å². The van der Waals surface area contributed by atoms with Gasteiger partial charge in [0, 0.05) is 16.9 Å². The molecule has 7 heteroatoms. The van der Waals surface area contributed by atoms with Gasteiger partial charge in [-0.25, -0.2) is 0 Å². The highest BCUT2D eigenvalue weighted by Gasteiger charge is 2.10. The number of hydrogen-bond donors (Lipinski definition) is 3. The van der Waals surface area contributed by atoms with Gasteiger partial charge in [0.2, 0.25) is 5.91 Å². The lowest BCUT2D eigenvalue weighted by Gasteiger charge is -2.09. The Morgan fingerprint density at radius 1 is 0.778 bits per heavy atom. The van der Waals surface area contributed by atoms with E-state index in [1.807, 2.05) is 0 Å². The van der Waals surface area contributed by atoms with Crippen molar-refractivity contribution in [3.8, 4) is 0 Å². The number of nitrogens with one attached hydrogen (secondary N) is 3. The molecular weight excluding hydrogens is 346 g/mol. The molecule has 0 unspecified atom stereocenters. The number of furan rings is 1. The first-order valence-electron chi connectivity index (χ1n) is 8.20. The van der Waals surface area contributed by atoms with Crippen LogP contribution >= 0.6 is 0 Å². The van der Waals surface area contributed by atoms with Gasteiger partial charge in [0.05, 0.1) is 12.8 Å². The van der Waals surface area contributed by atoms with Crippen LogP contribution in [0.4, 0.5) is 11.4 Å². The second-order valence-corrected chi connectivity index (χ2v) is 5.61. The molecule has 0 spiro atoms. The third kappa shape index (κ3) is 5.05. The molecule has 3 amide bonds. The summed E-state index contributed by atoms with van der Waals surface area (Å²) in [6.07, 6.45) is 1.41. The lowest BCUT2D eigenvalue weighted by atomic mass is 10.2. The lowest BCUT2D eigenvalue weighted by Crippen LogP contribution is -2.32. The topological polar surface area (TPSA) is 100 Å². The molecule has 0 saturated carbocycles. The van der Waals surface area contributed by atoms with Gasteiger partial charge >= 0.3 is 0 Å². The van der Waals surface area contributed by atoms with Crippen molar-refractivity contribution in [1.29, 1.82) is 0 Å². The van der Waals surface area contributed by atoms with Crippen LogP contribution in [0.5, 0.6) is 0 Å². The molecule has 2 aromatic carbocycles. The van der Waals surface area contributed by atoms with E-state index in [0.717, 1.165) is 0 Å². The zero-order chi connectivity index (χ0) is 19.1. The zero-order valence-electron chi connectivity index (χ0n) is 14.3. The number of carbonyl (C=O) groups excluding carboxylic acids is 3. The first kappa shape index (κ1) is 17.9. The van der Waals surface area contributed by atoms with Crippen molar-refractivity contribution in [2.75, 3.05) is 17.2 Å². The Balaban J connectivity index is 1.53. The molecule has 0 aliphatic carbocycles. The molecule has 0 aliphatic rings. The standard InChI is InChI=1S/C20H17N3O4/c24-18(13-21-19(25)14-6-2-1-3-7-14)22-15-8-4-9-16(12-15)23-20(26)17-10-5-11-27-17/h1-12H,13H2,(H,21,25)(H,22,24)(H,23,26). The van der Waals surface area contributed by atoms with Gasteiger partial charge in [-0.1, -0.05) is 24.3 Å². The Bertz CT molecular complexity index is 937. The largest absolute Gasteiger partial charge is 0.459 e. The molecule has 0 fully saturated rings. The van der Waals surface area contributed by atoms with Crippen molar-refractivity contribution in [2.45, 2.75) is 0 Å². The van der Waals surface area contributed by atoms with Crippen LogP contribution < -0.4 is 16.0 Å². The minimum absolute atomic E-state index is 0.170. The van der Waals surface area contributed by atoms with E-state index in [9.17, 15) is 14.4 Å². The minimum Gasteiger partial charge on any atom is -0.459 e. The van der Waals surface area contributed by atoms with Gasteiger partial charge in [-0.15, -0.1) is 0 Å². The zero-order valence-corrected chi connectivity index (χ0v) is 14.3. The van der Waals surface area contributed by atoms with Crippen LogP contribution in [0.25, 0.3) is 0 Å². The second-order valence-electron chi connectivity index (χ2n) is 5.61. The number of hydrogen-bond acceptors (Lipinski definition) is 4. The quantitative estimate of drug-likeness (QED) is 0.627. The molecule has 7 nitrogen and oxygen atoms in total. The summed E-state index contributed by atoms with van der Waals surface area (Å²) in [6, 6.07) is 18.5. The Hall–Kier alpha value is -3.87. The SMILES string of the molecule is O=C(CNC(=O)c1ccccc1)Nc1cccc(NC(=O)c2ccco2)c1. The average molecular weight is 363 g/mol. The van der Waals surface area contributed by atoms with Crippen molar-refractivity contribution in [1.82, 2.24) is 5.32 Å². The first-order valence-corrected chi connectivity index (χ1v) is 8.20. The summed E-state index contributed by atoms with van der Waals surface area (Å²) in [7, 11) is 0. The van der Waals surface area contributed by atoms with Crippen molar-refractivity contribution in [2.24, 2.45) is 0 Å². The molecule has 27 heavy (non-hydrogen) atoms. The van der Waals surface area contributed by atoms with Crippen LogP contribution in [0.1, 0.15) is 20.9 Å². The van der Waals surface area contributed by atoms with E-state index in [-0.39, 0.29) is 24.1 Å². The predicted molar refractivity (Wildman–Crippen MR) is 101 cm³/mol. The van der Waals surface area contributed by atoms with Gasteiger partial charge in [-0.05, 0) is 42.5 Å². The molecule has 0 aliphatic heterocycles. The van der Waals surface area contributed by atoms with E-state index in [0.29, 0.717) is 16.9 Å². The molecule has 1 heterocycles. The minimum atomic E-state index is -0.390. The van der Waals surface area contributed by atoms with E-state index in [2.05, 4.69) is 16.0 Å². The average Bonchev–Trinajstić information content (AvgIpc) is 3.22. The molecule has 0 bridgehead atoms. The number of carbonyl (C=O) groups is 3. The first-order chi connectivity index (χ1) is 13.1. The van der Waals surface area contributed by atoms with Gasteiger partial charge < -0.3 is 20.4 Å². The third-order valence-electron chi connectivity index (χ3n) is 3.59. The van der Waals surface area contributed by atoms with E-state index in [4.69, 9.17) is 4.42 Å². The Labute approximate surface area is 155 Å². The van der Waals surface area contributed by atoms with E-state index in [1.54, 1.807) is 66.7 Å². The van der Waals surface area contributed by atoms with E-state index < -0.39 is 5.91 Å². The van der Waals surface area contributed by atoms with Crippen molar-refractivity contribution < 1.29 is 18.8 Å². The van der Waals surface area contributed by atoms with Crippen molar-refractivity contribution in [3.05, 3.63) is 84.3 Å².